The van der Waals surface area contributed by atoms with Crippen molar-refractivity contribution in [2.75, 3.05) is 0 Å². The van der Waals surface area contributed by atoms with Gasteiger partial charge in [-0.2, -0.15) is 8.78 Å². The van der Waals surface area contributed by atoms with Gasteiger partial charge in [0.05, 0.1) is 5.56 Å². The first kappa shape index (κ1) is 11.7. The Morgan fingerprint density at radius 2 is 2.20 bits per heavy atom. The van der Waals surface area contributed by atoms with Gasteiger partial charge in [-0.25, -0.2) is 0 Å². The van der Waals surface area contributed by atoms with Gasteiger partial charge in [0.1, 0.15) is 5.75 Å². The molecule has 0 saturated heterocycles. The van der Waals surface area contributed by atoms with Crippen molar-refractivity contribution in [3.8, 4) is 5.75 Å². The molecule has 0 radical (unpaired) electrons. The number of benzene rings is 1. The molecule has 0 heterocycles. The number of hydrogen-bond acceptors (Lipinski definition) is 2. The van der Waals surface area contributed by atoms with E-state index in [1.165, 1.54) is 18.2 Å². The third kappa shape index (κ3) is 3.02. The number of allylic oxidation sites excluding steroid dienone is 1. The fraction of sp³-hybridized carbons (Fsp3) is 0.100. The van der Waals surface area contributed by atoms with Crippen molar-refractivity contribution in [3.63, 3.8) is 0 Å². The third-order valence-electron chi connectivity index (χ3n) is 1.61. The van der Waals surface area contributed by atoms with Crippen LogP contribution in [0.4, 0.5) is 8.78 Å². The molecule has 0 aromatic heterocycles. The van der Waals surface area contributed by atoms with Crippen LogP contribution in [0.3, 0.4) is 0 Å². The van der Waals surface area contributed by atoms with E-state index in [1.54, 1.807) is 0 Å². The minimum Gasteiger partial charge on any atom is -0.434 e. The Hall–Kier alpha value is -1.42. The minimum absolute atomic E-state index is 0.0298. The highest BCUT2D eigenvalue weighted by Crippen LogP contribution is 2.25. The summed E-state index contributed by atoms with van der Waals surface area (Å²) >= 11 is 5.62. The smallest absolute Gasteiger partial charge is 0.387 e. The lowest BCUT2D eigenvalue weighted by Gasteiger charge is -2.08. The van der Waals surface area contributed by atoms with Crippen LogP contribution in [-0.2, 0) is 0 Å². The minimum atomic E-state index is -2.98. The number of halogens is 3. The standard InChI is InChI=1S/C10H7ClF2O2/c1-2-8(14)7-5-6(11)3-4-9(7)15-10(12)13/h2-5,10H,1H2. The molecule has 1 aromatic rings. The van der Waals surface area contributed by atoms with E-state index in [-0.39, 0.29) is 16.3 Å². The number of rotatable bonds is 4. The summed E-state index contributed by atoms with van der Waals surface area (Å²) in [6.07, 6.45) is 1.00. The van der Waals surface area contributed by atoms with Crippen LogP contribution in [0.2, 0.25) is 5.02 Å². The topological polar surface area (TPSA) is 26.3 Å². The number of carbonyl (C=O) groups is 1. The molecule has 5 heteroatoms. The molecule has 80 valence electrons. The van der Waals surface area contributed by atoms with E-state index >= 15 is 0 Å². The number of carbonyl (C=O) groups excluding carboxylic acids is 1. The second-order valence-electron chi connectivity index (χ2n) is 2.59. The average Bonchev–Trinajstić information content (AvgIpc) is 2.19. The van der Waals surface area contributed by atoms with E-state index in [2.05, 4.69) is 11.3 Å². The summed E-state index contributed by atoms with van der Waals surface area (Å²) in [6, 6.07) is 3.83. The maximum Gasteiger partial charge on any atom is 0.387 e. The quantitative estimate of drug-likeness (QED) is 0.588. The van der Waals surface area contributed by atoms with E-state index in [0.29, 0.717) is 0 Å². The average molecular weight is 233 g/mol. The van der Waals surface area contributed by atoms with Crippen LogP contribution >= 0.6 is 11.6 Å². The molecule has 0 amide bonds. The third-order valence-corrected chi connectivity index (χ3v) is 1.84. The number of hydrogen-bond donors (Lipinski definition) is 0. The van der Waals surface area contributed by atoms with E-state index in [1.807, 2.05) is 0 Å². The van der Waals surface area contributed by atoms with Crippen molar-refractivity contribution >= 4 is 17.4 Å². The Bertz CT molecular complexity index is 391. The zero-order valence-corrected chi connectivity index (χ0v) is 8.30. The predicted octanol–water partition coefficient (Wildman–Crippen LogP) is 3.31. The summed E-state index contributed by atoms with van der Waals surface area (Å²) in [5.74, 6) is -0.729. The van der Waals surface area contributed by atoms with Crippen molar-refractivity contribution in [1.29, 1.82) is 0 Å². The fourth-order valence-electron chi connectivity index (χ4n) is 1.00. The maximum absolute atomic E-state index is 12.0. The highest BCUT2D eigenvalue weighted by atomic mass is 35.5. The lowest BCUT2D eigenvalue weighted by Crippen LogP contribution is -2.06. The van der Waals surface area contributed by atoms with Crippen molar-refractivity contribution in [2.24, 2.45) is 0 Å². The van der Waals surface area contributed by atoms with Gasteiger partial charge in [-0.05, 0) is 24.3 Å². The summed E-state index contributed by atoms with van der Waals surface area (Å²) in [7, 11) is 0. The van der Waals surface area contributed by atoms with Crippen molar-refractivity contribution < 1.29 is 18.3 Å². The molecule has 1 rings (SSSR count). The van der Waals surface area contributed by atoms with Gasteiger partial charge < -0.3 is 4.74 Å². The van der Waals surface area contributed by atoms with Gasteiger partial charge in [0.15, 0.2) is 5.78 Å². The summed E-state index contributed by atoms with van der Waals surface area (Å²) in [5, 5.41) is 0.266. The largest absolute Gasteiger partial charge is 0.434 e. The molecule has 0 spiro atoms. The fourth-order valence-corrected chi connectivity index (χ4v) is 1.18. The molecule has 0 bridgehead atoms. The maximum atomic E-state index is 12.0. The summed E-state index contributed by atoms with van der Waals surface area (Å²) in [5.41, 5.74) is -0.0298. The molecule has 1 aromatic carbocycles. The van der Waals surface area contributed by atoms with Crippen LogP contribution in [0.5, 0.6) is 5.75 Å². The molecule has 0 saturated carbocycles. The predicted molar refractivity (Wildman–Crippen MR) is 52.6 cm³/mol. The summed E-state index contributed by atoms with van der Waals surface area (Å²) < 4.78 is 28.1. The SMILES string of the molecule is C=CC(=O)c1cc(Cl)ccc1OC(F)F. The highest BCUT2D eigenvalue weighted by Gasteiger charge is 2.14. The first-order valence-corrected chi connectivity index (χ1v) is 4.33. The first-order chi connectivity index (χ1) is 7.04. The molecule has 2 nitrogen and oxygen atoms in total. The molecule has 0 aliphatic carbocycles. The molecular weight excluding hydrogens is 226 g/mol. The van der Waals surface area contributed by atoms with E-state index in [4.69, 9.17) is 11.6 Å². The Balaban J connectivity index is 3.13. The Morgan fingerprint density at radius 1 is 1.53 bits per heavy atom. The Kier molecular flexibility index (Phi) is 3.80. The van der Waals surface area contributed by atoms with Gasteiger partial charge in [0.2, 0.25) is 0 Å². The Morgan fingerprint density at radius 3 is 2.73 bits per heavy atom. The van der Waals surface area contributed by atoms with Gasteiger partial charge in [0, 0.05) is 5.02 Å². The second-order valence-corrected chi connectivity index (χ2v) is 3.02. The summed E-state index contributed by atoms with van der Waals surface area (Å²) in [6.45, 7) is 0.267. The van der Waals surface area contributed by atoms with Crippen LogP contribution in [-0.4, -0.2) is 12.4 Å². The number of ketones is 1. The van der Waals surface area contributed by atoms with Crippen molar-refractivity contribution in [2.45, 2.75) is 6.61 Å². The van der Waals surface area contributed by atoms with Crippen molar-refractivity contribution in [3.05, 3.63) is 41.4 Å². The van der Waals surface area contributed by atoms with Crippen LogP contribution < -0.4 is 4.74 Å². The molecule has 0 atom stereocenters. The molecule has 15 heavy (non-hydrogen) atoms. The van der Waals surface area contributed by atoms with Gasteiger partial charge in [-0.1, -0.05) is 18.2 Å². The lowest BCUT2D eigenvalue weighted by molar-refractivity contribution is -0.0501. The zero-order chi connectivity index (χ0) is 11.4. The normalized spacial score (nSPS) is 10.1. The monoisotopic (exact) mass is 232 g/mol. The number of alkyl halides is 2. The molecule has 0 fully saturated rings. The number of ether oxygens (including phenoxy) is 1. The zero-order valence-electron chi connectivity index (χ0n) is 7.54. The van der Waals surface area contributed by atoms with E-state index in [0.717, 1.165) is 6.08 Å². The highest BCUT2D eigenvalue weighted by molar-refractivity contribution is 6.31. The van der Waals surface area contributed by atoms with Crippen LogP contribution in [0.25, 0.3) is 0 Å². The van der Waals surface area contributed by atoms with Gasteiger partial charge in [-0.15, -0.1) is 0 Å². The lowest BCUT2D eigenvalue weighted by atomic mass is 10.1. The van der Waals surface area contributed by atoms with Crippen LogP contribution in [0.15, 0.2) is 30.9 Å². The molecule has 0 N–H and O–H groups in total. The second kappa shape index (κ2) is 4.89. The van der Waals surface area contributed by atoms with E-state index in [9.17, 15) is 13.6 Å². The van der Waals surface area contributed by atoms with E-state index < -0.39 is 12.4 Å². The van der Waals surface area contributed by atoms with Crippen LogP contribution in [0.1, 0.15) is 10.4 Å². The van der Waals surface area contributed by atoms with Gasteiger partial charge in [-0.3, -0.25) is 4.79 Å². The molecular formula is C10H7ClF2O2. The molecule has 0 unspecified atom stereocenters. The molecule has 0 aliphatic heterocycles. The van der Waals surface area contributed by atoms with Crippen molar-refractivity contribution in [1.82, 2.24) is 0 Å². The van der Waals surface area contributed by atoms with Gasteiger partial charge in [0.25, 0.3) is 0 Å². The first-order valence-electron chi connectivity index (χ1n) is 3.95. The van der Waals surface area contributed by atoms with Crippen LogP contribution in [0, 0.1) is 0 Å². The Labute approximate surface area is 90.1 Å². The van der Waals surface area contributed by atoms with Gasteiger partial charge >= 0.3 is 6.61 Å². The summed E-state index contributed by atoms with van der Waals surface area (Å²) in [4.78, 5) is 11.3. The molecule has 0 aliphatic rings.